The van der Waals surface area contributed by atoms with Crippen molar-refractivity contribution in [1.82, 2.24) is 0 Å². The number of para-hydroxylation sites is 1. The average Bonchev–Trinajstić information content (AvgIpc) is 3.05. The van der Waals surface area contributed by atoms with Gasteiger partial charge < -0.3 is 14.5 Å². The molecule has 3 aromatic carbocycles. The highest BCUT2D eigenvalue weighted by molar-refractivity contribution is 6.08. The molecule has 1 aromatic heterocycles. The van der Waals surface area contributed by atoms with Crippen molar-refractivity contribution in [3.8, 4) is 5.75 Å². The summed E-state index contributed by atoms with van der Waals surface area (Å²) in [5.74, 6) is -9.88. The first kappa shape index (κ1) is 17.8. The van der Waals surface area contributed by atoms with E-state index in [1.54, 1.807) is 18.2 Å². The molecular weight excluding hydrogens is 378 g/mol. The molecule has 1 N–H and O–H groups in total. The molecule has 4 aromatic rings. The van der Waals surface area contributed by atoms with Crippen LogP contribution in [0.1, 0.15) is 10.4 Å². The second-order valence-electron chi connectivity index (χ2n) is 5.93. The van der Waals surface area contributed by atoms with E-state index in [0.29, 0.717) is 11.2 Å². The van der Waals surface area contributed by atoms with Crippen molar-refractivity contribution in [2.24, 2.45) is 0 Å². The van der Waals surface area contributed by atoms with Gasteiger partial charge in [0.25, 0.3) is 5.91 Å². The molecule has 4 rings (SSSR count). The zero-order valence-electron chi connectivity index (χ0n) is 14.3. The van der Waals surface area contributed by atoms with Gasteiger partial charge in [-0.3, -0.25) is 4.79 Å². The van der Waals surface area contributed by atoms with Gasteiger partial charge in [0.2, 0.25) is 11.6 Å². The van der Waals surface area contributed by atoms with E-state index in [4.69, 9.17) is 4.42 Å². The molecule has 0 radical (unpaired) electrons. The number of carbonyl (C=O) groups excluding carboxylic acids is 1. The van der Waals surface area contributed by atoms with Gasteiger partial charge in [0.1, 0.15) is 16.7 Å². The van der Waals surface area contributed by atoms with Crippen LogP contribution in [0.25, 0.3) is 21.9 Å². The summed E-state index contributed by atoms with van der Waals surface area (Å²) in [6, 6.07) is 11.8. The fraction of sp³-hybridized carbons (Fsp3) is 0.0500. The van der Waals surface area contributed by atoms with Crippen molar-refractivity contribution in [2.75, 3.05) is 12.4 Å². The number of fused-ring (bicyclic) bond motifs is 3. The van der Waals surface area contributed by atoms with Crippen molar-refractivity contribution in [3.05, 3.63) is 71.3 Å². The second-order valence-corrected chi connectivity index (χ2v) is 5.93. The SMILES string of the molecule is COc1c(F)c(F)c(C(=O)Nc2ccc3c(c2)oc2ccccc23)c(F)c1F. The lowest BCUT2D eigenvalue weighted by Gasteiger charge is -2.11. The van der Waals surface area contributed by atoms with Gasteiger partial charge in [-0.15, -0.1) is 0 Å². The Hall–Kier alpha value is -3.55. The first-order valence-electron chi connectivity index (χ1n) is 8.05. The van der Waals surface area contributed by atoms with Crippen LogP contribution >= 0.6 is 0 Å². The Morgan fingerprint density at radius 2 is 1.54 bits per heavy atom. The largest absolute Gasteiger partial charge is 0.491 e. The molecule has 0 saturated carbocycles. The lowest BCUT2D eigenvalue weighted by atomic mass is 10.1. The quantitative estimate of drug-likeness (QED) is 0.377. The van der Waals surface area contributed by atoms with Crippen LogP contribution in [-0.2, 0) is 0 Å². The molecule has 1 amide bonds. The predicted octanol–water partition coefficient (Wildman–Crippen LogP) is 5.40. The Bertz CT molecular complexity index is 1220. The molecule has 0 atom stereocenters. The summed E-state index contributed by atoms with van der Waals surface area (Å²) < 4.78 is 65.8. The number of ether oxygens (including phenoxy) is 1. The Morgan fingerprint density at radius 1 is 0.893 bits per heavy atom. The Labute approximate surface area is 155 Å². The first-order chi connectivity index (χ1) is 13.4. The molecular formula is C20H11F4NO3. The van der Waals surface area contributed by atoms with Crippen LogP contribution in [0.5, 0.6) is 5.75 Å². The maximum Gasteiger partial charge on any atom is 0.261 e. The van der Waals surface area contributed by atoms with E-state index in [2.05, 4.69) is 10.1 Å². The van der Waals surface area contributed by atoms with E-state index < -0.39 is 40.5 Å². The van der Waals surface area contributed by atoms with Gasteiger partial charge in [-0.2, -0.15) is 8.78 Å². The molecule has 0 unspecified atom stereocenters. The second kappa shape index (κ2) is 6.56. The highest BCUT2D eigenvalue weighted by Gasteiger charge is 2.30. The minimum Gasteiger partial charge on any atom is -0.491 e. The molecule has 0 bridgehead atoms. The summed E-state index contributed by atoms with van der Waals surface area (Å²) in [6.45, 7) is 0. The maximum atomic E-state index is 14.1. The number of halogens is 4. The lowest BCUT2D eigenvalue weighted by Crippen LogP contribution is -2.18. The summed E-state index contributed by atoms with van der Waals surface area (Å²) in [5, 5.41) is 3.84. The number of benzene rings is 3. The highest BCUT2D eigenvalue weighted by atomic mass is 19.2. The number of carbonyl (C=O) groups is 1. The molecule has 0 spiro atoms. The monoisotopic (exact) mass is 389 g/mol. The zero-order valence-corrected chi connectivity index (χ0v) is 14.3. The van der Waals surface area contributed by atoms with Gasteiger partial charge in [-0.25, -0.2) is 8.78 Å². The fourth-order valence-corrected chi connectivity index (χ4v) is 2.99. The molecule has 0 aliphatic heterocycles. The number of hydrogen-bond acceptors (Lipinski definition) is 3. The number of amides is 1. The summed E-state index contributed by atoms with van der Waals surface area (Å²) >= 11 is 0. The normalized spacial score (nSPS) is 11.2. The van der Waals surface area contributed by atoms with Crippen LogP contribution in [-0.4, -0.2) is 13.0 Å². The zero-order chi connectivity index (χ0) is 20.0. The summed E-state index contributed by atoms with van der Waals surface area (Å²) in [7, 11) is 0.850. The maximum absolute atomic E-state index is 14.1. The van der Waals surface area contributed by atoms with Gasteiger partial charge in [0, 0.05) is 22.5 Å². The fourth-order valence-electron chi connectivity index (χ4n) is 2.99. The molecule has 1 heterocycles. The van der Waals surface area contributed by atoms with E-state index in [-0.39, 0.29) is 5.69 Å². The van der Waals surface area contributed by atoms with Crippen molar-refractivity contribution < 1.29 is 31.5 Å². The third kappa shape index (κ3) is 2.65. The highest BCUT2D eigenvalue weighted by Crippen LogP contribution is 2.32. The molecule has 0 saturated heterocycles. The predicted molar refractivity (Wildman–Crippen MR) is 94.5 cm³/mol. The molecule has 0 aliphatic rings. The van der Waals surface area contributed by atoms with Crippen LogP contribution in [0.4, 0.5) is 23.2 Å². The number of nitrogens with one attached hydrogen (secondary N) is 1. The lowest BCUT2D eigenvalue weighted by molar-refractivity contribution is 0.101. The van der Waals surface area contributed by atoms with E-state index >= 15 is 0 Å². The number of rotatable bonds is 3. The third-order valence-electron chi connectivity index (χ3n) is 4.29. The van der Waals surface area contributed by atoms with Gasteiger partial charge in [-0.1, -0.05) is 18.2 Å². The average molecular weight is 389 g/mol. The Kier molecular flexibility index (Phi) is 4.18. The first-order valence-corrected chi connectivity index (χ1v) is 8.05. The minimum absolute atomic E-state index is 0.131. The van der Waals surface area contributed by atoms with E-state index in [1.165, 1.54) is 12.1 Å². The molecule has 28 heavy (non-hydrogen) atoms. The number of furan rings is 1. The van der Waals surface area contributed by atoms with Crippen molar-refractivity contribution in [2.45, 2.75) is 0 Å². The van der Waals surface area contributed by atoms with Crippen LogP contribution in [0, 0.1) is 23.3 Å². The van der Waals surface area contributed by atoms with Gasteiger partial charge in [0.05, 0.1) is 7.11 Å². The van der Waals surface area contributed by atoms with Gasteiger partial charge in [-0.05, 0) is 18.2 Å². The summed E-state index contributed by atoms with van der Waals surface area (Å²) in [4.78, 5) is 12.3. The summed E-state index contributed by atoms with van der Waals surface area (Å²) in [6.07, 6.45) is 0. The van der Waals surface area contributed by atoms with Crippen LogP contribution in [0.15, 0.2) is 46.9 Å². The molecule has 0 aliphatic carbocycles. The smallest absolute Gasteiger partial charge is 0.261 e. The van der Waals surface area contributed by atoms with E-state index in [1.807, 2.05) is 12.1 Å². The van der Waals surface area contributed by atoms with Crippen LogP contribution in [0.2, 0.25) is 0 Å². The van der Waals surface area contributed by atoms with Crippen LogP contribution in [0.3, 0.4) is 0 Å². The molecule has 142 valence electrons. The van der Waals surface area contributed by atoms with Gasteiger partial charge >= 0.3 is 0 Å². The number of methoxy groups -OCH3 is 1. The molecule has 8 heteroatoms. The molecule has 0 fully saturated rings. The van der Waals surface area contributed by atoms with E-state index in [0.717, 1.165) is 17.9 Å². The van der Waals surface area contributed by atoms with Crippen molar-refractivity contribution in [1.29, 1.82) is 0 Å². The third-order valence-corrected chi connectivity index (χ3v) is 4.29. The number of anilines is 1. The Balaban J connectivity index is 1.74. The summed E-state index contributed by atoms with van der Waals surface area (Å²) in [5.41, 5.74) is -0.211. The topological polar surface area (TPSA) is 51.5 Å². The van der Waals surface area contributed by atoms with Crippen molar-refractivity contribution in [3.63, 3.8) is 0 Å². The van der Waals surface area contributed by atoms with Crippen molar-refractivity contribution >= 4 is 33.5 Å². The minimum atomic E-state index is -1.85. The number of hydrogen-bond donors (Lipinski definition) is 1. The molecule has 4 nitrogen and oxygen atoms in total. The van der Waals surface area contributed by atoms with E-state index in [9.17, 15) is 22.4 Å². The van der Waals surface area contributed by atoms with Gasteiger partial charge in [0.15, 0.2) is 17.4 Å². The van der Waals surface area contributed by atoms with Crippen LogP contribution < -0.4 is 10.1 Å². The Morgan fingerprint density at radius 3 is 2.21 bits per heavy atom. The standard InChI is InChI=1S/C20H11F4NO3/c1-27-19-17(23)15(21)14(16(22)18(19)24)20(26)25-9-6-7-11-10-4-2-3-5-12(10)28-13(11)8-9/h2-8H,1H3,(H,25,26).